The predicted molar refractivity (Wildman–Crippen MR) is 92.6 cm³/mol. The summed E-state index contributed by atoms with van der Waals surface area (Å²) in [5.41, 5.74) is 6.66. The Kier molecular flexibility index (Phi) is 8.10. The van der Waals surface area contributed by atoms with Gasteiger partial charge in [0.1, 0.15) is 0 Å². The number of unbranched alkanes of at least 4 members (excludes halogenated alkanes) is 1. The van der Waals surface area contributed by atoms with Gasteiger partial charge in [0.2, 0.25) is 0 Å². The molecular weight excluding hydrogens is 256 g/mol. The molecule has 0 spiro atoms. The van der Waals surface area contributed by atoms with E-state index in [0.717, 1.165) is 6.04 Å². The van der Waals surface area contributed by atoms with Gasteiger partial charge in [-0.05, 0) is 38.6 Å². The molecule has 2 aliphatic rings. The minimum atomic E-state index is 0.418. The average molecular weight is 295 g/mol. The van der Waals surface area contributed by atoms with E-state index in [0.29, 0.717) is 12.1 Å². The van der Waals surface area contributed by atoms with E-state index >= 15 is 0 Å². The van der Waals surface area contributed by atoms with Crippen molar-refractivity contribution >= 4 is 0 Å². The summed E-state index contributed by atoms with van der Waals surface area (Å²) in [7, 11) is 0. The Morgan fingerprint density at radius 2 is 1.38 bits per heavy atom. The molecule has 2 heteroatoms. The van der Waals surface area contributed by atoms with Gasteiger partial charge in [-0.1, -0.05) is 64.7 Å². The Morgan fingerprint density at radius 1 is 0.810 bits per heavy atom. The monoisotopic (exact) mass is 294 g/mol. The van der Waals surface area contributed by atoms with Gasteiger partial charge >= 0.3 is 0 Å². The summed E-state index contributed by atoms with van der Waals surface area (Å²) in [6.07, 6.45) is 19.5. The van der Waals surface area contributed by atoms with Gasteiger partial charge in [-0.3, -0.25) is 4.90 Å². The van der Waals surface area contributed by atoms with Crippen molar-refractivity contribution in [2.75, 3.05) is 6.54 Å². The molecule has 0 bridgehead atoms. The van der Waals surface area contributed by atoms with Gasteiger partial charge in [-0.15, -0.1) is 0 Å². The molecule has 0 radical (unpaired) electrons. The minimum absolute atomic E-state index is 0.418. The van der Waals surface area contributed by atoms with Crippen LogP contribution in [0.3, 0.4) is 0 Å². The fourth-order valence-electron chi connectivity index (χ4n) is 3.98. The van der Waals surface area contributed by atoms with E-state index < -0.39 is 0 Å². The van der Waals surface area contributed by atoms with Gasteiger partial charge in [0.15, 0.2) is 0 Å². The zero-order valence-electron chi connectivity index (χ0n) is 14.4. The van der Waals surface area contributed by atoms with Gasteiger partial charge < -0.3 is 5.73 Å². The first-order chi connectivity index (χ1) is 10.3. The summed E-state index contributed by atoms with van der Waals surface area (Å²) in [6, 6.07) is 1.96. The maximum absolute atomic E-state index is 6.66. The van der Waals surface area contributed by atoms with Crippen molar-refractivity contribution in [1.29, 1.82) is 0 Å². The molecule has 2 nitrogen and oxygen atoms in total. The Hall–Kier alpha value is -0.0800. The lowest BCUT2D eigenvalue weighted by Crippen LogP contribution is -2.49. The zero-order valence-corrected chi connectivity index (χ0v) is 14.4. The van der Waals surface area contributed by atoms with Crippen molar-refractivity contribution in [3.05, 3.63) is 0 Å². The standard InChI is InChI=1S/C19H38N2/c1-2-3-16-21(17-14-15-17)19-13-11-9-7-5-4-6-8-10-12-18(19)20/h17-19H,2-16,20H2,1H3. The number of hydrogen-bond donors (Lipinski definition) is 1. The summed E-state index contributed by atoms with van der Waals surface area (Å²) < 4.78 is 0. The predicted octanol–water partition coefficient (Wildman–Crippen LogP) is 4.86. The molecule has 0 aromatic carbocycles. The highest BCUT2D eigenvalue weighted by Crippen LogP contribution is 2.32. The number of nitrogens with two attached hydrogens (primary N) is 1. The van der Waals surface area contributed by atoms with Crippen LogP contribution in [-0.4, -0.2) is 29.6 Å². The van der Waals surface area contributed by atoms with Crippen LogP contribution in [0.2, 0.25) is 0 Å². The second-order valence-electron chi connectivity index (χ2n) is 7.46. The van der Waals surface area contributed by atoms with Crippen molar-refractivity contribution in [3.8, 4) is 0 Å². The largest absolute Gasteiger partial charge is 0.326 e. The normalized spacial score (nSPS) is 29.9. The van der Waals surface area contributed by atoms with E-state index in [1.165, 1.54) is 96.4 Å². The van der Waals surface area contributed by atoms with E-state index in [9.17, 15) is 0 Å². The van der Waals surface area contributed by atoms with E-state index in [1.807, 2.05) is 0 Å². The lowest BCUT2D eigenvalue weighted by atomic mass is 9.93. The molecule has 0 aliphatic heterocycles. The molecule has 21 heavy (non-hydrogen) atoms. The lowest BCUT2D eigenvalue weighted by molar-refractivity contribution is 0.141. The van der Waals surface area contributed by atoms with Crippen LogP contribution in [0.5, 0.6) is 0 Å². The number of hydrogen-bond acceptors (Lipinski definition) is 2. The Bertz CT molecular complexity index is 262. The molecule has 0 amide bonds. The van der Waals surface area contributed by atoms with Crippen LogP contribution in [0.25, 0.3) is 0 Å². The third-order valence-electron chi connectivity index (χ3n) is 5.49. The van der Waals surface area contributed by atoms with Crippen LogP contribution < -0.4 is 5.73 Å². The third-order valence-corrected chi connectivity index (χ3v) is 5.49. The Labute approximate surface area is 132 Å². The van der Waals surface area contributed by atoms with Crippen LogP contribution in [0.1, 0.15) is 96.8 Å². The topological polar surface area (TPSA) is 29.3 Å². The fraction of sp³-hybridized carbons (Fsp3) is 1.00. The molecule has 2 rings (SSSR count). The van der Waals surface area contributed by atoms with Crippen molar-refractivity contribution < 1.29 is 0 Å². The lowest BCUT2D eigenvalue weighted by Gasteiger charge is -2.36. The summed E-state index contributed by atoms with van der Waals surface area (Å²) in [4.78, 5) is 2.82. The molecule has 0 aromatic heterocycles. The van der Waals surface area contributed by atoms with E-state index in [1.54, 1.807) is 0 Å². The summed E-state index contributed by atoms with van der Waals surface area (Å²) >= 11 is 0. The van der Waals surface area contributed by atoms with Crippen LogP contribution in [0.4, 0.5) is 0 Å². The highest BCUT2D eigenvalue weighted by molar-refractivity contribution is 4.92. The number of rotatable bonds is 5. The molecule has 2 atom stereocenters. The third kappa shape index (κ3) is 6.28. The summed E-state index contributed by atoms with van der Waals surface area (Å²) in [6.45, 7) is 3.60. The SMILES string of the molecule is CCCCN(C1CC1)C1CCCCCCCCCCC1N. The average Bonchev–Trinajstić information content (AvgIpc) is 3.30. The van der Waals surface area contributed by atoms with Crippen LogP contribution in [-0.2, 0) is 0 Å². The molecular formula is C19H38N2. The molecule has 0 saturated heterocycles. The maximum Gasteiger partial charge on any atom is 0.0250 e. The minimum Gasteiger partial charge on any atom is -0.326 e. The van der Waals surface area contributed by atoms with E-state index in [2.05, 4.69) is 11.8 Å². The Morgan fingerprint density at radius 3 is 1.95 bits per heavy atom. The first kappa shape index (κ1) is 17.3. The van der Waals surface area contributed by atoms with Crippen molar-refractivity contribution in [2.45, 2.75) is 115 Å². The van der Waals surface area contributed by atoms with Gasteiger partial charge in [-0.2, -0.15) is 0 Å². The highest BCUT2D eigenvalue weighted by Gasteiger charge is 2.35. The molecule has 2 unspecified atom stereocenters. The molecule has 0 aromatic rings. The highest BCUT2D eigenvalue weighted by atomic mass is 15.2. The summed E-state index contributed by atoms with van der Waals surface area (Å²) in [5.74, 6) is 0. The molecule has 0 heterocycles. The van der Waals surface area contributed by atoms with Crippen molar-refractivity contribution in [3.63, 3.8) is 0 Å². The molecule has 2 fully saturated rings. The molecule has 2 N–H and O–H groups in total. The van der Waals surface area contributed by atoms with Crippen LogP contribution in [0.15, 0.2) is 0 Å². The van der Waals surface area contributed by atoms with Crippen LogP contribution >= 0.6 is 0 Å². The zero-order chi connectivity index (χ0) is 14.9. The van der Waals surface area contributed by atoms with Gasteiger partial charge in [0, 0.05) is 18.1 Å². The van der Waals surface area contributed by atoms with Gasteiger partial charge in [0.05, 0.1) is 0 Å². The Balaban J connectivity index is 1.91. The van der Waals surface area contributed by atoms with Crippen LogP contribution in [0, 0.1) is 0 Å². The number of nitrogens with zero attached hydrogens (tertiary/aromatic N) is 1. The second kappa shape index (κ2) is 9.84. The smallest absolute Gasteiger partial charge is 0.0250 e. The van der Waals surface area contributed by atoms with Gasteiger partial charge in [-0.25, -0.2) is 0 Å². The molecule has 124 valence electrons. The summed E-state index contributed by atoms with van der Waals surface area (Å²) in [5, 5.41) is 0. The molecule has 2 saturated carbocycles. The van der Waals surface area contributed by atoms with Gasteiger partial charge in [0.25, 0.3) is 0 Å². The fourth-order valence-corrected chi connectivity index (χ4v) is 3.98. The molecule has 2 aliphatic carbocycles. The first-order valence-corrected chi connectivity index (χ1v) is 9.84. The first-order valence-electron chi connectivity index (χ1n) is 9.84. The van der Waals surface area contributed by atoms with E-state index in [-0.39, 0.29) is 0 Å². The second-order valence-corrected chi connectivity index (χ2v) is 7.46. The van der Waals surface area contributed by atoms with Crippen molar-refractivity contribution in [1.82, 2.24) is 4.90 Å². The quantitative estimate of drug-likeness (QED) is 0.784. The van der Waals surface area contributed by atoms with Crippen molar-refractivity contribution in [2.24, 2.45) is 5.73 Å². The maximum atomic E-state index is 6.66. The van der Waals surface area contributed by atoms with E-state index in [4.69, 9.17) is 5.73 Å².